The lowest BCUT2D eigenvalue weighted by atomic mass is 9.81. The summed E-state index contributed by atoms with van der Waals surface area (Å²) < 4.78 is 22.2. The van der Waals surface area contributed by atoms with E-state index in [1.54, 1.807) is 6.07 Å². The number of likely N-dealkylation sites (N-methyl/N-ethyl adjacent to an activating group) is 2. The fourth-order valence-corrected chi connectivity index (χ4v) is 11.4. The van der Waals surface area contributed by atoms with Crippen LogP contribution in [0.3, 0.4) is 0 Å². The summed E-state index contributed by atoms with van der Waals surface area (Å²) in [6.45, 7) is 15.3. The molecule has 5 aromatic rings. The van der Waals surface area contributed by atoms with Gasteiger partial charge in [-0.05, 0) is 143 Å². The van der Waals surface area contributed by atoms with Gasteiger partial charge in [-0.2, -0.15) is 4.58 Å². The van der Waals surface area contributed by atoms with Gasteiger partial charge in [0.05, 0.1) is 28.3 Å². The molecule has 3 aliphatic rings. The number of halogens is 2. The van der Waals surface area contributed by atoms with Gasteiger partial charge in [0.25, 0.3) is 0 Å². The number of anilines is 2. The summed E-state index contributed by atoms with van der Waals surface area (Å²) in [5.41, 5.74) is 11.9. The molecule has 0 bridgehead atoms. The Labute approximate surface area is 384 Å². The van der Waals surface area contributed by atoms with E-state index in [1.165, 1.54) is 57.1 Å². The standard InChI is InChI=1S/C53H54Cl2N3O2S2/c1-8-57-47-28-26-42(61-60-41-22-14-18-38(54)32-41)34-45(47)52(3,4)49(57)30-24-36-16-13-17-37(51(36)56(7)40-20-11-10-12-21-40)25-31-50-53(5,6)46-35-44(27-29-48(46)58(50)9-2)62(59)43-23-15-19-39(55)33-43/h10-12,14-15,18-35H,8-9,13,16-17H2,1-7H3/q+1. The molecule has 2 heterocycles. The Hall–Kier alpha value is -4.79. The van der Waals surface area contributed by atoms with Crippen molar-refractivity contribution >= 4 is 68.8 Å². The van der Waals surface area contributed by atoms with Crippen LogP contribution in [0, 0.1) is 0 Å². The molecule has 1 atom stereocenters. The van der Waals surface area contributed by atoms with E-state index in [2.05, 4.69) is 148 Å². The van der Waals surface area contributed by atoms with Crippen molar-refractivity contribution in [2.45, 2.75) is 86.3 Å². The normalized spacial score (nSPS) is 18.5. The van der Waals surface area contributed by atoms with Crippen LogP contribution in [0.1, 0.15) is 71.9 Å². The second kappa shape index (κ2) is 18.1. The quantitative estimate of drug-likeness (QED) is 0.0921. The van der Waals surface area contributed by atoms with Gasteiger partial charge in [-0.15, -0.1) is 0 Å². The van der Waals surface area contributed by atoms with E-state index in [4.69, 9.17) is 27.4 Å². The first-order chi connectivity index (χ1) is 29.8. The molecule has 0 N–H and O–H groups in total. The maximum atomic E-state index is 13.8. The topological polar surface area (TPSA) is 35.8 Å². The molecule has 8 rings (SSSR count). The SMILES string of the molecule is CCN1C(=CC=C2CCCC(C=CC3=[N+](CC)c4ccc(S(=O)c5cccc(Cl)c5)cc4C3(C)C)=C2N(C)c2ccccc2)C(C)(C)c2cc(SOc3cccc(Cl)c3)ccc21. The van der Waals surface area contributed by atoms with Crippen LogP contribution < -0.4 is 14.0 Å². The fraction of sp³-hybridized carbons (Fsp3) is 0.264. The van der Waals surface area contributed by atoms with E-state index in [9.17, 15) is 4.21 Å². The number of rotatable bonds is 12. The van der Waals surface area contributed by atoms with Crippen molar-refractivity contribution in [3.05, 3.63) is 183 Å². The highest BCUT2D eigenvalue weighted by Gasteiger charge is 2.44. The summed E-state index contributed by atoms with van der Waals surface area (Å²) in [7, 11) is 0.854. The fourth-order valence-electron chi connectivity index (χ4n) is 9.30. The van der Waals surface area contributed by atoms with Crippen LogP contribution in [0.25, 0.3) is 0 Å². The molecule has 1 aliphatic carbocycles. The third kappa shape index (κ3) is 8.49. The monoisotopic (exact) mass is 898 g/mol. The molecule has 318 valence electrons. The summed E-state index contributed by atoms with van der Waals surface area (Å²) in [4.78, 5) is 7.36. The summed E-state index contributed by atoms with van der Waals surface area (Å²) in [5, 5.41) is 1.24. The largest absolute Gasteiger partial charge is 0.421 e. The summed E-state index contributed by atoms with van der Waals surface area (Å²) in [6, 6.07) is 38.5. The van der Waals surface area contributed by atoms with Crippen molar-refractivity contribution in [2.75, 3.05) is 29.9 Å². The number of hydrogen-bond acceptors (Lipinski definition) is 5. The van der Waals surface area contributed by atoms with E-state index in [1.807, 2.05) is 48.5 Å². The average molecular weight is 900 g/mol. The van der Waals surface area contributed by atoms with Crippen molar-refractivity contribution < 1.29 is 13.0 Å². The molecule has 5 aromatic carbocycles. The molecule has 2 aliphatic heterocycles. The first-order valence-electron chi connectivity index (χ1n) is 21.4. The number of benzene rings is 5. The molecule has 0 radical (unpaired) electrons. The van der Waals surface area contributed by atoms with Gasteiger partial charge in [0, 0.05) is 90.3 Å². The number of hydrogen-bond donors (Lipinski definition) is 0. The minimum atomic E-state index is -1.35. The second-order valence-corrected chi connectivity index (χ2v) is 20.2. The predicted octanol–water partition coefficient (Wildman–Crippen LogP) is 14.4. The molecule has 1 unspecified atom stereocenters. The molecule has 5 nitrogen and oxygen atoms in total. The van der Waals surface area contributed by atoms with Gasteiger partial charge < -0.3 is 14.0 Å². The van der Waals surface area contributed by atoms with Crippen LogP contribution >= 0.6 is 35.2 Å². The molecule has 0 aromatic heterocycles. The van der Waals surface area contributed by atoms with Crippen molar-refractivity contribution in [3.63, 3.8) is 0 Å². The van der Waals surface area contributed by atoms with E-state index < -0.39 is 10.8 Å². The van der Waals surface area contributed by atoms with Crippen molar-refractivity contribution in [2.24, 2.45) is 0 Å². The first kappa shape index (κ1) is 43.8. The molecule has 62 heavy (non-hydrogen) atoms. The van der Waals surface area contributed by atoms with E-state index in [0.717, 1.165) is 59.3 Å². The Morgan fingerprint density at radius 3 is 2.26 bits per heavy atom. The zero-order chi connectivity index (χ0) is 43.8. The maximum absolute atomic E-state index is 13.8. The van der Waals surface area contributed by atoms with Crippen LogP contribution in [0.15, 0.2) is 177 Å². The highest BCUT2D eigenvalue weighted by atomic mass is 35.5. The van der Waals surface area contributed by atoms with Gasteiger partial charge in [0.15, 0.2) is 5.71 Å². The van der Waals surface area contributed by atoms with E-state index >= 15 is 0 Å². The molecule has 0 saturated heterocycles. The molecule has 0 spiro atoms. The van der Waals surface area contributed by atoms with Gasteiger partial charge in [0.1, 0.15) is 12.3 Å². The van der Waals surface area contributed by atoms with Crippen LogP contribution in [0.5, 0.6) is 5.75 Å². The van der Waals surface area contributed by atoms with Crippen molar-refractivity contribution in [3.8, 4) is 5.75 Å². The third-order valence-corrected chi connectivity index (χ3v) is 15.0. The molecular formula is C53H54Cl2N3O2S2+. The van der Waals surface area contributed by atoms with Crippen LogP contribution in [0.2, 0.25) is 10.0 Å². The minimum Gasteiger partial charge on any atom is -0.421 e. The highest BCUT2D eigenvalue weighted by molar-refractivity contribution is 7.95. The zero-order valence-corrected chi connectivity index (χ0v) is 39.7. The van der Waals surface area contributed by atoms with Gasteiger partial charge >= 0.3 is 0 Å². The Balaban J connectivity index is 1.14. The maximum Gasteiger partial charge on any atom is 0.209 e. The minimum absolute atomic E-state index is 0.231. The molecule has 0 amide bonds. The van der Waals surface area contributed by atoms with E-state index in [-0.39, 0.29) is 10.8 Å². The number of allylic oxidation sites excluding steroid dienone is 7. The summed E-state index contributed by atoms with van der Waals surface area (Å²) in [6.07, 6.45) is 12.5. The third-order valence-electron chi connectivity index (χ3n) is 12.5. The van der Waals surface area contributed by atoms with Gasteiger partial charge in [-0.25, -0.2) is 4.21 Å². The Kier molecular flexibility index (Phi) is 12.8. The van der Waals surface area contributed by atoms with Gasteiger partial charge in [0.2, 0.25) is 5.69 Å². The molecule has 9 heteroatoms. The number of para-hydroxylation sites is 1. The van der Waals surface area contributed by atoms with Crippen LogP contribution in [-0.2, 0) is 21.6 Å². The predicted molar refractivity (Wildman–Crippen MR) is 263 cm³/mol. The van der Waals surface area contributed by atoms with Crippen molar-refractivity contribution in [1.29, 1.82) is 0 Å². The first-order valence-corrected chi connectivity index (χ1v) is 24.1. The Morgan fingerprint density at radius 1 is 0.790 bits per heavy atom. The molecule has 0 saturated carbocycles. The summed E-state index contributed by atoms with van der Waals surface area (Å²) >= 11 is 13.9. The van der Waals surface area contributed by atoms with Gasteiger partial charge in [-0.1, -0.05) is 79.5 Å². The lowest BCUT2D eigenvalue weighted by Crippen LogP contribution is -2.28. The average Bonchev–Trinajstić information content (AvgIpc) is 3.63. The van der Waals surface area contributed by atoms with Crippen molar-refractivity contribution in [1.82, 2.24) is 0 Å². The number of fused-ring (bicyclic) bond motifs is 2. The van der Waals surface area contributed by atoms with Crippen LogP contribution in [-0.4, -0.2) is 34.6 Å². The zero-order valence-electron chi connectivity index (χ0n) is 36.5. The molecule has 0 fully saturated rings. The van der Waals surface area contributed by atoms with Gasteiger partial charge in [-0.3, -0.25) is 0 Å². The molecular weight excluding hydrogens is 846 g/mol. The number of nitrogens with zero attached hydrogens (tertiary/aromatic N) is 3. The van der Waals surface area contributed by atoms with E-state index in [0.29, 0.717) is 14.9 Å². The Bertz CT molecular complexity index is 2710. The lowest BCUT2D eigenvalue weighted by Gasteiger charge is -2.31. The smallest absolute Gasteiger partial charge is 0.209 e. The lowest BCUT2D eigenvalue weighted by molar-refractivity contribution is -0.433. The highest BCUT2D eigenvalue weighted by Crippen LogP contribution is 2.49. The summed E-state index contributed by atoms with van der Waals surface area (Å²) in [5.74, 6) is 0.729. The Morgan fingerprint density at radius 2 is 1.53 bits per heavy atom. The van der Waals surface area contributed by atoms with Crippen LogP contribution in [0.4, 0.5) is 17.1 Å². The second-order valence-electron chi connectivity index (χ2n) is 17.0.